The van der Waals surface area contributed by atoms with E-state index in [-0.39, 0.29) is 0 Å². The zero-order valence-corrected chi connectivity index (χ0v) is 9.14. The van der Waals surface area contributed by atoms with Crippen molar-refractivity contribution >= 4 is 0 Å². The molecule has 1 aromatic heterocycles. The highest BCUT2D eigenvalue weighted by Gasteiger charge is 2.05. The SMILES string of the molecule is COc1ccc(-c2cnc(CCN)o2)cc1. The van der Waals surface area contributed by atoms with Crippen molar-refractivity contribution in [1.29, 1.82) is 0 Å². The monoisotopic (exact) mass is 218 g/mol. The zero-order chi connectivity index (χ0) is 11.4. The molecule has 2 N–H and O–H groups in total. The maximum Gasteiger partial charge on any atom is 0.196 e. The highest BCUT2D eigenvalue weighted by Crippen LogP contribution is 2.22. The van der Waals surface area contributed by atoms with E-state index >= 15 is 0 Å². The fourth-order valence-corrected chi connectivity index (χ4v) is 1.44. The summed E-state index contributed by atoms with van der Waals surface area (Å²) in [6.07, 6.45) is 2.38. The third kappa shape index (κ3) is 2.23. The summed E-state index contributed by atoms with van der Waals surface area (Å²) in [6, 6.07) is 7.65. The van der Waals surface area contributed by atoms with Crippen LogP contribution in [0.2, 0.25) is 0 Å². The van der Waals surface area contributed by atoms with Gasteiger partial charge in [0.05, 0.1) is 13.3 Å². The quantitative estimate of drug-likeness (QED) is 0.850. The minimum atomic E-state index is 0.544. The van der Waals surface area contributed by atoms with E-state index in [0.717, 1.165) is 17.1 Å². The number of nitrogens with two attached hydrogens (primary N) is 1. The lowest BCUT2D eigenvalue weighted by atomic mass is 10.2. The van der Waals surface area contributed by atoms with Gasteiger partial charge in [0.15, 0.2) is 11.7 Å². The molecule has 2 rings (SSSR count). The third-order valence-corrected chi connectivity index (χ3v) is 2.29. The molecule has 4 nitrogen and oxygen atoms in total. The van der Waals surface area contributed by atoms with Crippen LogP contribution in [0, 0.1) is 0 Å². The number of methoxy groups -OCH3 is 1. The van der Waals surface area contributed by atoms with Crippen molar-refractivity contribution in [3.63, 3.8) is 0 Å². The highest BCUT2D eigenvalue weighted by molar-refractivity contribution is 5.57. The molecule has 16 heavy (non-hydrogen) atoms. The molecule has 2 aromatic rings. The van der Waals surface area contributed by atoms with Crippen molar-refractivity contribution in [2.45, 2.75) is 6.42 Å². The van der Waals surface area contributed by atoms with Crippen LogP contribution in [0.25, 0.3) is 11.3 Å². The van der Waals surface area contributed by atoms with E-state index in [4.69, 9.17) is 14.9 Å². The number of hydrogen-bond donors (Lipinski definition) is 1. The summed E-state index contributed by atoms with van der Waals surface area (Å²) in [5.74, 6) is 2.25. The predicted molar refractivity (Wildman–Crippen MR) is 61.2 cm³/mol. The van der Waals surface area contributed by atoms with Gasteiger partial charge in [0.2, 0.25) is 0 Å². The molecule has 4 heteroatoms. The lowest BCUT2D eigenvalue weighted by Crippen LogP contribution is -2.02. The van der Waals surface area contributed by atoms with Crippen molar-refractivity contribution in [1.82, 2.24) is 4.98 Å². The maximum absolute atomic E-state index is 5.55. The second-order valence-electron chi connectivity index (χ2n) is 3.39. The molecule has 0 atom stereocenters. The number of rotatable bonds is 4. The van der Waals surface area contributed by atoms with Gasteiger partial charge in [-0.3, -0.25) is 0 Å². The van der Waals surface area contributed by atoms with Crippen molar-refractivity contribution in [3.8, 4) is 17.1 Å². The van der Waals surface area contributed by atoms with E-state index in [1.54, 1.807) is 13.3 Å². The zero-order valence-electron chi connectivity index (χ0n) is 9.14. The Bertz CT molecular complexity index is 448. The smallest absolute Gasteiger partial charge is 0.196 e. The van der Waals surface area contributed by atoms with E-state index in [1.807, 2.05) is 24.3 Å². The Kier molecular flexibility index (Phi) is 3.22. The molecule has 0 spiro atoms. The van der Waals surface area contributed by atoms with Gasteiger partial charge in [-0.15, -0.1) is 0 Å². The van der Waals surface area contributed by atoms with Crippen LogP contribution < -0.4 is 10.5 Å². The van der Waals surface area contributed by atoms with Gasteiger partial charge in [0, 0.05) is 18.5 Å². The second-order valence-corrected chi connectivity index (χ2v) is 3.39. The molecular formula is C12H14N2O2. The minimum Gasteiger partial charge on any atom is -0.497 e. The van der Waals surface area contributed by atoms with Crippen LogP contribution in [-0.2, 0) is 6.42 Å². The molecule has 0 fully saturated rings. The van der Waals surface area contributed by atoms with E-state index in [9.17, 15) is 0 Å². The molecule has 0 unspecified atom stereocenters. The molecule has 1 heterocycles. The predicted octanol–water partition coefficient (Wildman–Crippen LogP) is 1.85. The van der Waals surface area contributed by atoms with E-state index in [1.165, 1.54) is 0 Å². The fourth-order valence-electron chi connectivity index (χ4n) is 1.44. The highest BCUT2D eigenvalue weighted by atomic mass is 16.5. The fraction of sp³-hybridized carbons (Fsp3) is 0.250. The number of hydrogen-bond acceptors (Lipinski definition) is 4. The molecule has 0 radical (unpaired) electrons. The minimum absolute atomic E-state index is 0.544. The maximum atomic E-state index is 5.55. The molecule has 0 aliphatic heterocycles. The summed E-state index contributed by atoms with van der Waals surface area (Å²) >= 11 is 0. The van der Waals surface area contributed by atoms with Crippen LogP contribution in [0.15, 0.2) is 34.9 Å². The Balaban J connectivity index is 2.21. The van der Waals surface area contributed by atoms with E-state index < -0.39 is 0 Å². The third-order valence-electron chi connectivity index (χ3n) is 2.29. The largest absolute Gasteiger partial charge is 0.497 e. The molecular weight excluding hydrogens is 204 g/mol. The van der Waals surface area contributed by atoms with Gasteiger partial charge in [0.25, 0.3) is 0 Å². The van der Waals surface area contributed by atoms with Crippen molar-refractivity contribution in [2.75, 3.05) is 13.7 Å². The molecule has 0 aliphatic carbocycles. The number of ether oxygens (including phenoxy) is 1. The Morgan fingerprint density at radius 3 is 2.69 bits per heavy atom. The second kappa shape index (κ2) is 4.81. The summed E-state index contributed by atoms with van der Waals surface area (Å²) in [7, 11) is 1.64. The number of oxazole rings is 1. The average Bonchev–Trinajstić information content (AvgIpc) is 2.78. The van der Waals surface area contributed by atoms with Gasteiger partial charge in [0.1, 0.15) is 5.75 Å². The first-order valence-electron chi connectivity index (χ1n) is 5.12. The van der Waals surface area contributed by atoms with Crippen LogP contribution in [0.5, 0.6) is 5.75 Å². The first-order chi connectivity index (χ1) is 7.83. The normalized spacial score (nSPS) is 10.4. The lowest BCUT2D eigenvalue weighted by Gasteiger charge is -2.00. The summed E-state index contributed by atoms with van der Waals surface area (Å²) in [4.78, 5) is 4.15. The van der Waals surface area contributed by atoms with Crippen molar-refractivity contribution < 1.29 is 9.15 Å². The molecule has 1 aromatic carbocycles. The van der Waals surface area contributed by atoms with E-state index in [0.29, 0.717) is 18.9 Å². The van der Waals surface area contributed by atoms with Crippen molar-refractivity contribution in [2.24, 2.45) is 5.73 Å². The van der Waals surface area contributed by atoms with Gasteiger partial charge in [-0.05, 0) is 24.3 Å². The van der Waals surface area contributed by atoms with Gasteiger partial charge >= 0.3 is 0 Å². The standard InChI is InChI=1S/C12H14N2O2/c1-15-10-4-2-9(3-5-10)11-8-14-12(16-11)6-7-13/h2-5,8H,6-7,13H2,1H3. The topological polar surface area (TPSA) is 61.3 Å². The Labute approximate surface area is 94.1 Å². The van der Waals surface area contributed by atoms with Crippen LogP contribution >= 0.6 is 0 Å². The Morgan fingerprint density at radius 2 is 2.06 bits per heavy atom. The summed E-state index contributed by atoms with van der Waals surface area (Å²) in [6.45, 7) is 0.544. The average molecular weight is 218 g/mol. The molecule has 84 valence electrons. The number of aromatic nitrogens is 1. The first kappa shape index (κ1) is 10.7. The molecule has 0 amide bonds. The molecule has 0 bridgehead atoms. The summed E-state index contributed by atoms with van der Waals surface area (Å²) in [5, 5.41) is 0. The first-order valence-corrected chi connectivity index (χ1v) is 5.12. The van der Waals surface area contributed by atoms with Crippen LogP contribution in [0.4, 0.5) is 0 Å². The summed E-state index contributed by atoms with van der Waals surface area (Å²) < 4.78 is 10.6. The van der Waals surface area contributed by atoms with Gasteiger partial charge in [-0.2, -0.15) is 0 Å². The van der Waals surface area contributed by atoms with Gasteiger partial charge in [-0.25, -0.2) is 4.98 Å². The molecule has 0 saturated carbocycles. The van der Waals surface area contributed by atoms with E-state index in [2.05, 4.69) is 4.98 Å². The number of benzene rings is 1. The van der Waals surface area contributed by atoms with Crippen LogP contribution in [0.1, 0.15) is 5.89 Å². The molecule has 0 aliphatic rings. The van der Waals surface area contributed by atoms with Gasteiger partial charge in [-0.1, -0.05) is 0 Å². The lowest BCUT2D eigenvalue weighted by molar-refractivity contribution is 0.415. The van der Waals surface area contributed by atoms with Crippen molar-refractivity contribution in [3.05, 3.63) is 36.4 Å². The summed E-state index contributed by atoms with van der Waals surface area (Å²) in [5.41, 5.74) is 6.41. The Hall–Kier alpha value is -1.81. The van der Waals surface area contributed by atoms with Crippen LogP contribution in [0.3, 0.4) is 0 Å². The number of nitrogens with zero attached hydrogens (tertiary/aromatic N) is 1. The van der Waals surface area contributed by atoms with Crippen LogP contribution in [-0.4, -0.2) is 18.6 Å². The van der Waals surface area contributed by atoms with Gasteiger partial charge < -0.3 is 14.9 Å². The Morgan fingerprint density at radius 1 is 1.31 bits per heavy atom. The molecule has 0 saturated heterocycles.